The molecule has 0 bridgehead atoms. The van der Waals surface area contributed by atoms with E-state index in [1.54, 1.807) is 6.92 Å². The number of piperidine rings is 1. The van der Waals surface area contributed by atoms with Gasteiger partial charge in [0.05, 0.1) is 12.1 Å². The number of anilines is 1. The van der Waals surface area contributed by atoms with E-state index in [1.807, 2.05) is 24.3 Å². The highest BCUT2D eigenvalue weighted by Gasteiger charge is 2.43. The van der Waals surface area contributed by atoms with Crippen LogP contribution in [0.15, 0.2) is 44.8 Å². The minimum atomic E-state index is -1.07. The summed E-state index contributed by atoms with van der Waals surface area (Å²) in [6.07, 6.45) is 2.53. The Morgan fingerprint density at radius 2 is 2.04 bits per heavy atom. The van der Waals surface area contributed by atoms with Gasteiger partial charge in [0.2, 0.25) is 0 Å². The van der Waals surface area contributed by atoms with Crippen LogP contribution in [0, 0.1) is 5.92 Å². The van der Waals surface area contributed by atoms with Crippen molar-refractivity contribution in [3.63, 3.8) is 0 Å². The Labute approximate surface area is 157 Å². The summed E-state index contributed by atoms with van der Waals surface area (Å²) < 4.78 is 5.90. The first-order valence-electron chi connectivity index (χ1n) is 9.63. The van der Waals surface area contributed by atoms with Crippen LogP contribution in [0.2, 0.25) is 0 Å². The van der Waals surface area contributed by atoms with Crippen molar-refractivity contribution in [2.45, 2.75) is 38.2 Å². The fourth-order valence-corrected chi connectivity index (χ4v) is 4.77. The van der Waals surface area contributed by atoms with E-state index in [1.165, 1.54) is 0 Å². The lowest BCUT2D eigenvalue weighted by molar-refractivity contribution is -0.122. The van der Waals surface area contributed by atoms with Crippen LogP contribution in [0.5, 0.6) is 0 Å². The third-order valence-corrected chi connectivity index (χ3v) is 5.98. The third kappa shape index (κ3) is 2.79. The summed E-state index contributed by atoms with van der Waals surface area (Å²) in [5.41, 5.74) is 3.62. The molecule has 1 aliphatic carbocycles. The number of hydrogen-bond acceptors (Lipinski definition) is 6. The summed E-state index contributed by atoms with van der Waals surface area (Å²) in [6, 6.07) is 8.49. The topological polar surface area (TPSA) is 78.9 Å². The number of nitrogens with zero attached hydrogens (tertiary/aromatic N) is 3. The highest BCUT2D eigenvalue weighted by atomic mass is 16.4. The molecule has 3 heterocycles. The van der Waals surface area contributed by atoms with E-state index in [0.717, 1.165) is 53.9 Å². The molecular formula is C21H23N3O3. The molecule has 1 N–H and O–H groups in total. The number of rotatable bonds is 2. The molecule has 140 valence electrons. The van der Waals surface area contributed by atoms with Crippen molar-refractivity contribution < 1.29 is 14.3 Å². The minimum absolute atomic E-state index is 0.112. The molecule has 5 rings (SSSR count). The number of oxazole rings is 1. The fourth-order valence-electron chi connectivity index (χ4n) is 4.77. The lowest BCUT2D eigenvalue weighted by atomic mass is 9.74. The Balaban J connectivity index is 1.33. The Hall–Kier alpha value is -2.47. The first kappa shape index (κ1) is 16.7. The van der Waals surface area contributed by atoms with Crippen molar-refractivity contribution in [2.24, 2.45) is 10.9 Å². The molecule has 1 saturated heterocycles. The van der Waals surface area contributed by atoms with Gasteiger partial charge in [0.15, 0.2) is 5.58 Å². The summed E-state index contributed by atoms with van der Waals surface area (Å²) in [4.78, 5) is 23.4. The number of fused-ring (bicyclic) bond motifs is 1. The number of aliphatic imine (C=N–C) groups is 1. The van der Waals surface area contributed by atoms with Gasteiger partial charge in [0.25, 0.3) is 6.01 Å². The maximum atomic E-state index is 11.9. The SMILES string of the molecule is CC1(O)CC(=O)CC2=C1C(C1CCN(c3nc4ccccc4o3)CC1)=NC2. The van der Waals surface area contributed by atoms with Crippen molar-refractivity contribution in [1.82, 2.24) is 4.98 Å². The van der Waals surface area contributed by atoms with Gasteiger partial charge in [0, 0.05) is 43.1 Å². The van der Waals surface area contributed by atoms with Gasteiger partial charge >= 0.3 is 0 Å². The predicted molar refractivity (Wildman–Crippen MR) is 103 cm³/mol. The van der Waals surface area contributed by atoms with Crippen molar-refractivity contribution in [1.29, 1.82) is 0 Å². The first-order valence-corrected chi connectivity index (χ1v) is 9.63. The normalized spacial score (nSPS) is 26.7. The number of carbonyl (C=O) groups excluding carboxylic acids is 1. The number of ketones is 1. The summed E-state index contributed by atoms with van der Waals surface area (Å²) in [5.74, 6) is 0.429. The second kappa shape index (κ2) is 6.02. The smallest absolute Gasteiger partial charge is 0.298 e. The average molecular weight is 365 g/mol. The van der Waals surface area contributed by atoms with Crippen LogP contribution < -0.4 is 4.90 Å². The van der Waals surface area contributed by atoms with Crippen molar-refractivity contribution in [2.75, 3.05) is 24.5 Å². The zero-order chi connectivity index (χ0) is 18.6. The summed E-state index contributed by atoms with van der Waals surface area (Å²) >= 11 is 0. The molecule has 0 amide bonds. The van der Waals surface area contributed by atoms with E-state index in [0.29, 0.717) is 24.9 Å². The molecule has 6 heteroatoms. The van der Waals surface area contributed by atoms with Crippen LogP contribution in [-0.2, 0) is 4.79 Å². The standard InChI is InChI=1S/C21H23N3O3/c1-21(26)11-15(25)10-14-12-22-19(18(14)21)13-6-8-24(9-7-13)20-23-16-4-2-3-5-17(16)27-20/h2-5,13,26H,6-12H2,1H3. The summed E-state index contributed by atoms with van der Waals surface area (Å²) in [7, 11) is 0. The Kier molecular flexibility index (Phi) is 3.72. The molecule has 1 atom stereocenters. The van der Waals surface area contributed by atoms with Crippen molar-refractivity contribution in [3.8, 4) is 0 Å². The second-order valence-electron chi connectivity index (χ2n) is 8.07. The first-order chi connectivity index (χ1) is 13.0. The van der Waals surface area contributed by atoms with Gasteiger partial charge in [-0.05, 0) is 37.5 Å². The maximum Gasteiger partial charge on any atom is 0.298 e. The van der Waals surface area contributed by atoms with E-state index in [2.05, 4.69) is 9.88 Å². The molecule has 1 aromatic heterocycles. The zero-order valence-corrected chi connectivity index (χ0v) is 15.4. The minimum Gasteiger partial charge on any atom is -0.423 e. The molecular weight excluding hydrogens is 342 g/mol. The van der Waals surface area contributed by atoms with E-state index in [-0.39, 0.29) is 12.2 Å². The molecule has 0 spiro atoms. The Morgan fingerprint density at radius 1 is 1.26 bits per heavy atom. The summed E-state index contributed by atoms with van der Waals surface area (Å²) in [5, 5.41) is 10.8. The maximum absolute atomic E-state index is 11.9. The largest absolute Gasteiger partial charge is 0.423 e. The lowest BCUT2D eigenvalue weighted by Gasteiger charge is -2.36. The second-order valence-corrected chi connectivity index (χ2v) is 8.07. The van der Waals surface area contributed by atoms with Crippen LogP contribution in [0.1, 0.15) is 32.6 Å². The number of hydrogen-bond donors (Lipinski definition) is 1. The fraction of sp³-hybridized carbons (Fsp3) is 0.476. The van der Waals surface area contributed by atoms with Crippen LogP contribution in [0.4, 0.5) is 6.01 Å². The monoisotopic (exact) mass is 365 g/mol. The number of Topliss-reactive ketones (excluding diaryl/α,β-unsaturated/α-hetero) is 1. The third-order valence-electron chi connectivity index (χ3n) is 5.98. The quantitative estimate of drug-likeness (QED) is 0.885. The lowest BCUT2D eigenvalue weighted by Crippen LogP contribution is -2.42. The molecule has 6 nitrogen and oxygen atoms in total. The van der Waals surface area contributed by atoms with Gasteiger partial charge < -0.3 is 14.4 Å². The van der Waals surface area contributed by atoms with Crippen LogP contribution in [0.25, 0.3) is 11.1 Å². The highest BCUT2D eigenvalue weighted by Crippen LogP contribution is 2.40. The molecule has 1 unspecified atom stereocenters. The number of benzene rings is 1. The molecule has 27 heavy (non-hydrogen) atoms. The number of carbonyl (C=O) groups is 1. The zero-order valence-electron chi connectivity index (χ0n) is 15.4. The Morgan fingerprint density at radius 3 is 2.81 bits per heavy atom. The van der Waals surface area contributed by atoms with Crippen LogP contribution in [-0.4, -0.2) is 46.8 Å². The predicted octanol–water partition coefficient (Wildman–Crippen LogP) is 2.91. The molecule has 1 aromatic carbocycles. The van der Waals surface area contributed by atoms with E-state index >= 15 is 0 Å². The van der Waals surface area contributed by atoms with E-state index in [9.17, 15) is 9.90 Å². The van der Waals surface area contributed by atoms with Crippen molar-refractivity contribution in [3.05, 3.63) is 35.4 Å². The molecule has 2 aliphatic heterocycles. The number of aliphatic hydroxyl groups is 1. The van der Waals surface area contributed by atoms with Crippen LogP contribution in [0.3, 0.4) is 0 Å². The molecule has 2 aromatic rings. The molecule has 0 radical (unpaired) electrons. The van der Waals surface area contributed by atoms with Gasteiger partial charge in [0.1, 0.15) is 11.3 Å². The van der Waals surface area contributed by atoms with Gasteiger partial charge in [-0.3, -0.25) is 9.79 Å². The van der Waals surface area contributed by atoms with E-state index in [4.69, 9.17) is 9.41 Å². The molecule has 0 saturated carbocycles. The van der Waals surface area contributed by atoms with Gasteiger partial charge in [-0.2, -0.15) is 4.98 Å². The summed E-state index contributed by atoms with van der Waals surface area (Å²) in [6.45, 7) is 4.02. The number of para-hydroxylation sites is 2. The molecule has 1 fully saturated rings. The highest BCUT2D eigenvalue weighted by molar-refractivity contribution is 6.08. The number of aromatic nitrogens is 1. The van der Waals surface area contributed by atoms with Gasteiger partial charge in [-0.25, -0.2) is 0 Å². The average Bonchev–Trinajstić information content (AvgIpc) is 3.25. The van der Waals surface area contributed by atoms with E-state index < -0.39 is 5.60 Å². The van der Waals surface area contributed by atoms with Crippen LogP contribution >= 0.6 is 0 Å². The molecule has 3 aliphatic rings. The Bertz CT molecular complexity index is 944. The van der Waals surface area contributed by atoms with Gasteiger partial charge in [-0.1, -0.05) is 12.1 Å². The van der Waals surface area contributed by atoms with Crippen molar-refractivity contribution >= 4 is 28.6 Å². The van der Waals surface area contributed by atoms with Gasteiger partial charge in [-0.15, -0.1) is 0 Å².